The van der Waals surface area contributed by atoms with E-state index in [1.54, 1.807) is 6.92 Å². The van der Waals surface area contributed by atoms with E-state index in [9.17, 15) is 9.90 Å². The van der Waals surface area contributed by atoms with Crippen LogP contribution in [0.3, 0.4) is 0 Å². The van der Waals surface area contributed by atoms with Crippen LogP contribution in [0.25, 0.3) is 0 Å². The number of thioether (sulfide) groups is 1. The largest absolute Gasteiger partial charge is 0.388 e. The number of aryl methyl sites for hydroxylation is 1. The molecule has 0 saturated heterocycles. The molecule has 0 saturated carbocycles. The van der Waals surface area contributed by atoms with Crippen LogP contribution in [0, 0.1) is 6.92 Å². The highest BCUT2D eigenvalue weighted by molar-refractivity contribution is 8.00. The molecule has 1 unspecified atom stereocenters. The number of hydrogen-bond acceptors (Lipinski definition) is 3. The Morgan fingerprint density at radius 2 is 2.11 bits per heavy atom. The first-order chi connectivity index (χ1) is 8.44. The molecule has 0 aliphatic rings. The summed E-state index contributed by atoms with van der Waals surface area (Å²) in [4.78, 5) is 12.8. The molecule has 0 aromatic heterocycles. The Morgan fingerprint density at radius 1 is 1.44 bits per heavy atom. The van der Waals surface area contributed by atoms with Gasteiger partial charge in [-0.25, -0.2) is 0 Å². The van der Waals surface area contributed by atoms with E-state index in [1.807, 2.05) is 38.1 Å². The van der Waals surface area contributed by atoms with E-state index in [0.29, 0.717) is 18.7 Å². The normalized spacial score (nSPS) is 14.0. The quantitative estimate of drug-likeness (QED) is 0.778. The highest BCUT2D eigenvalue weighted by Crippen LogP contribution is 2.21. The van der Waals surface area contributed by atoms with Crippen LogP contribution in [0.1, 0.15) is 25.8 Å². The Morgan fingerprint density at radius 3 is 2.72 bits per heavy atom. The minimum absolute atomic E-state index is 0.0445. The molecule has 0 heterocycles. The van der Waals surface area contributed by atoms with Gasteiger partial charge in [-0.15, -0.1) is 11.8 Å². The molecule has 1 amide bonds. The molecule has 1 aromatic rings. The second-order valence-corrected chi connectivity index (χ2v) is 5.70. The zero-order valence-electron chi connectivity index (χ0n) is 11.2. The van der Waals surface area contributed by atoms with E-state index < -0.39 is 5.60 Å². The molecule has 4 heteroatoms. The number of benzene rings is 1. The van der Waals surface area contributed by atoms with Crippen molar-refractivity contribution in [1.29, 1.82) is 0 Å². The number of nitrogens with one attached hydrogen (secondary N) is 1. The Labute approximate surface area is 113 Å². The van der Waals surface area contributed by atoms with Crippen LogP contribution in [-0.2, 0) is 4.79 Å². The van der Waals surface area contributed by atoms with Crippen molar-refractivity contribution in [1.82, 2.24) is 5.32 Å². The molecule has 0 aliphatic carbocycles. The molecule has 2 N–H and O–H groups in total. The van der Waals surface area contributed by atoms with Crippen molar-refractivity contribution >= 4 is 17.7 Å². The third-order valence-electron chi connectivity index (χ3n) is 2.88. The number of hydrogen-bond donors (Lipinski definition) is 2. The second-order valence-electron chi connectivity index (χ2n) is 4.68. The van der Waals surface area contributed by atoms with Crippen LogP contribution < -0.4 is 5.32 Å². The lowest BCUT2D eigenvalue weighted by atomic mass is 10.0. The van der Waals surface area contributed by atoms with Crippen LogP contribution in [-0.4, -0.2) is 28.9 Å². The van der Waals surface area contributed by atoms with Gasteiger partial charge in [0, 0.05) is 11.4 Å². The highest BCUT2D eigenvalue weighted by atomic mass is 32.2. The van der Waals surface area contributed by atoms with E-state index >= 15 is 0 Å². The summed E-state index contributed by atoms with van der Waals surface area (Å²) >= 11 is 1.52. The number of rotatable bonds is 6. The van der Waals surface area contributed by atoms with E-state index in [-0.39, 0.29) is 5.91 Å². The van der Waals surface area contributed by atoms with Crippen molar-refractivity contribution in [3.8, 4) is 0 Å². The van der Waals surface area contributed by atoms with Gasteiger partial charge < -0.3 is 10.4 Å². The number of aliphatic hydroxyl groups is 1. The van der Waals surface area contributed by atoms with Gasteiger partial charge in [0.05, 0.1) is 11.4 Å². The van der Waals surface area contributed by atoms with E-state index in [1.165, 1.54) is 17.3 Å². The van der Waals surface area contributed by atoms with Gasteiger partial charge in [-0.3, -0.25) is 4.79 Å². The lowest BCUT2D eigenvalue weighted by Gasteiger charge is -2.21. The number of carbonyl (C=O) groups is 1. The minimum Gasteiger partial charge on any atom is -0.388 e. The lowest BCUT2D eigenvalue weighted by Crippen LogP contribution is -2.40. The van der Waals surface area contributed by atoms with E-state index in [0.717, 1.165) is 4.90 Å². The fourth-order valence-electron chi connectivity index (χ4n) is 1.33. The molecule has 100 valence electrons. The summed E-state index contributed by atoms with van der Waals surface area (Å²) in [5, 5.41) is 12.5. The Hall–Kier alpha value is -1.00. The SMILES string of the molecule is CCC(C)(O)CNC(=O)CSc1ccccc1C. The third-order valence-corrected chi connectivity index (χ3v) is 4.06. The molecular formula is C14H21NO2S. The predicted octanol–water partition coefficient (Wildman–Crippen LogP) is 2.36. The average molecular weight is 267 g/mol. The van der Waals surface area contributed by atoms with Crippen molar-refractivity contribution < 1.29 is 9.90 Å². The Kier molecular flexibility index (Phi) is 5.69. The molecule has 0 aliphatic heterocycles. The second kappa shape index (κ2) is 6.81. The summed E-state index contributed by atoms with van der Waals surface area (Å²) in [7, 11) is 0. The fraction of sp³-hybridized carbons (Fsp3) is 0.500. The summed E-state index contributed by atoms with van der Waals surface area (Å²) < 4.78 is 0. The molecule has 1 atom stereocenters. The van der Waals surface area contributed by atoms with E-state index in [4.69, 9.17) is 0 Å². The van der Waals surface area contributed by atoms with Crippen LogP contribution in [0.2, 0.25) is 0 Å². The zero-order chi connectivity index (χ0) is 13.6. The monoisotopic (exact) mass is 267 g/mol. The summed E-state index contributed by atoms with van der Waals surface area (Å²) in [6.07, 6.45) is 0.623. The minimum atomic E-state index is -0.816. The molecule has 1 rings (SSSR count). The third kappa shape index (κ3) is 5.10. The maximum Gasteiger partial charge on any atom is 0.230 e. The van der Waals surface area contributed by atoms with Gasteiger partial charge >= 0.3 is 0 Å². The highest BCUT2D eigenvalue weighted by Gasteiger charge is 2.18. The summed E-state index contributed by atoms with van der Waals surface area (Å²) in [5.74, 6) is 0.335. The molecule has 18 heavy (non-hydrogen) atoms. The van der Waals surface area contributed by atoms with Crippen LogP contribution in [0.4, 0.5) is 0 Å². The first kappa shape index (κ1) is 15.1. The lowest BCUT2D eigenvalue weighted by molar-refractivity contribution is -0.119. The van der Waals surface area contributed by atoms with Crippen LogP contribution in [0.15, 0.2) is 29.2 Å². The molecule has 0 bridgehead atoms. The van der Waals surface area contributed by atoms with Crippen molar-refractivity contribution in [2.75, 3.05) is 12.3 Å². The number of amides is 1. The maximum absolute atomic E-state index is 11.6. The fourth-order valence-corrected chi connectivity index (χ4v) is 2.19. The molecule has 0 spiro atoms. The average Bonchev–Trinajstić information content (AvgIpc) is 2.35. The number of carbonyl (C=O) groups excluding carboxylic acids is 1. The summed E-state index contributed by atoms with van der Waals surface area (Å²) in [5.41, 5.74) is 0.360. The van der Waals surface area contributed by atoms with Gasteiger partial charge in [-0.2, -0.15) is 0 Å². The van der Waals surface area contributed by atoms with Crippen molar-refractivity contribution in [3.05, 3.63) is 29.8 Å². The van der Waals surface area contributed by atoms with Crippen molar-refractivity contribution in [3.63, 3.8) is 0 Å². The first-order valence-corrected chi connectivity index (χ1v) is 7.10. The predicted molar refractivity (Wildman–Crippen MR) is 75.8 cm³/mol. The molecular weight excluding hydrogens is 246 g/mol. The van der Waals surface area contributed by atoms with Gasteiger partial charge in [-0.1, -0.05) is 25.1 Å². The van der Waals surface area contributed by atoms with Crippen molar-refractivity contribution in [2.24, 2.45) is 0 Å². The molecule has 1 aromatic carbocycles. The molecule has 3 nitrogen and oxygen atoms in total. The summed E-state index contributed by atoms with van der Waals surface area (Å²) in [6.45, 7) is 5.95. The topological polar surface area (TPSA) is 49.3 Å². The smallest absolute Gasteiger partial charge is 0.230 e. The standard InChI is InChI=1S/C14H21NO2S/c1-4-14(3,17)10-15-13(16)9-18-12-8-6-5-7-11(12)2/h5-8,17H,4,9-10H2,1-3H3,(H,15,16). The molecule has 0 fully saturated rings. The van der Waals surface area contributed by atoms with Crippen LogP contribution in [0.5, 0.6) is 0 Å². The first-order valence-electron chi connectivity index (χ1n) is 6.12. The van der Waals surface area contributed by atoms with Gasteiger partial charge in [0.15, 0.2) is 0 Å². The van der Waals surface area contributed by atoms with Gasteiger partial charge in [0.1, 0.15) is 0 Å². The Balaban J connectivity index is 2.36. The van der Waals surface area contributed by atoms with Gasteiger partial charge in [-0.05, 0) is 31.9 Å². The van der Waals surface area contributed by atoms with Crippen molar-refractivity contribution in [2.45, 2.75) is 37.7 Å². The summed E-state index contributed by atoms with van der Waals surface area (Å²) in [6, 6.07) is 7.99. The van der Waals surface area contributed by atoms with E-state index in [2.05, 4.69) is 5.32 Å². The van der Waals surface area contributed by atoms with Gasteiger partial charge in [0.25, 0.3) is 0 Å². The zero-order valence-corrected chi connectivity index (χ0v) is 12.0. The Bertz CT molecular complexity index is 405. The molecule has 0 radical (unpaired) electrons. The van der Waals surface area contributed by atoms with Gasteiger partial charge in [0.2, 0.25) is 5.91 Å². The maximum atomic E-state index is 11.6. The van der Waals surface area contributed by atoms with Crippen LogP contribution >= 0.6 is 11.8 Å².